The lowest BCUT2D eigenvalue weighted by atomic mass is 9.91. The van der Waals surface area contributed by atoms with Crippen LogP contribution in [0.4, 0.5) is 13.2 Å². The molecular formula is C41H42F3N3O3. The van der Waals surface area contributed by atoms with Crippen LogP contribution in [0.3, 0.4) is 0 Å². The van der Waals surface area contributed by atoms with E-state index in [-0.39, 0.29) is 12.1 Å². The first-order chi connectivity index (χ1) is 24.1. The third-order valence-corrected chi connectivity index (χ3v) is 10.1. The van der Waals surface area contributed by atoms with Gasteiger partial charge in [-0.2, -0.15) is 13.2 Å². The summed E-state index contributed by atoms with van der Waals surface area (Å²) in [7, 11) is 1.47. The van der Waals surface area contributed by atoms with Gasteiger partial charge in [-0.3, -0.25) is 9.80 Å². The SMILES string of the molecule is COc1cc(/C=C/c2cccc(-c3cccc(-c4nc5cc(CN6CCCC6)ccc5o4)c3C)c2C)c(C(F)(F)F)cc1CN1CC[C@H](O)C1. The number of nitrogens with zero attached hydrogens (tertiary/aromatic N) is 3. The summed E-state index contributed by atoms with van der Waals surface area (Å²) in [5, 5.41) is 9.91. The van der Waals surface area contributed by atoms with Crippen molar-refractivity contribution in [3.05, 3.63) is 106 Å². The average molecular weight is 682 g/mol. The van der Waals surface area contributed by atoms with E-state index < -0.39 is 17.8 Å². The lowest BCUT2D eigenvalue weighted by Crippen LogP contribution is -2.22. The number of β-amino-alcohol motifs (C(OH)–C–C–N with tert-alkyl or cyclic N) is 1. The van der Waals surface area contributed by atoms with Gasteiger partial charge >= 0.3 is 6.18 Å². The predicted molar refractivity (Wildman–Crippen MR) is 192 cm³/mol. The fraction of sp³-hybridized carbons (Fsp3) is 0.341. The van der Waals surface area contributed by atoms with Crippen LogP contribution in [0.25, 0.3) is 45.8 Å². The van der Waals surface area contributed by atoms with E-state index in [0.717, 1.165) is 64.1 Å². The third-order valence-electron chi connectivity index (χ3n) is 10.1. The predicted octanol–water partition coefficient (Wildman–Crippen LogP) is 9.14. The Morgan fingerprint density at radius 1 is 0.860 bits per heavy atom. The summed E-state index contributed by atoms with van der Waals surface area (Å²) < 4.78 is 54.9. The standard InChI is InChI=1S/C41H42F3N3O3/c1-26-29(13-14-30-22-39(49-3)31(21-36(30)41(42,43)44)24-47-19-16-32(48)25-47)8-6-9-33(26)34-10-7-11-35(27(34)2)40-45-37-20-28(12-15-38(37)50-40)23-46-17-4-5-18-46/h6-15,20-22,32,48H,4-5,16-19,23-25H2,1-3H3/b14-13+/t32-/m0/s1. The summed E-state index contributed by atoms with van der Waals surface area (Å²) in [6.07, 6.45) is 1.33. The highest BCUT2D eigenvalue weighted by Gasteiger charge is 2.34. The summed E-state index contributed by atoms with van der Waals surface area (Å²) in [4.78, 5) is 9.29. The smallest absolute Gasteiger partial charge is 0.417 e. The second-order valence-electron chi connectivity index (χ2n) is 13.6. The molecule has 9 heteroatoms. The van der Waals surface area contributed by atoms with Gasteiger partial charge in [-0.1, -0.05) is 48.6 Å². The normalized spacial score (nSPS) is 17.5. The van der Waals surface area contributed by atoms with Crippen molar-refractivity contribution >= 4 is 23.3 Å². The Bertz CT molecular complexity index is 2040. The van der Waals surface area contributed by atoms with Crippen LogP contribution in [0.15, 0.2) is 71.1 Å². The highest BCUT2D eigenvalue weighted by molar-refractivity contribution is 5.83. The Balaban J connectivity index is 1.18. The van der Waals surface area contributed by atoms with Crippen molar-refractivity contribution in [3.63, 3.8) is 0 Å². The quantitative estimate of drug-likeness (QED) is 0.157. The lowest BCUT2D eigenvalue weighted by molar-refractivity contribution is -0.137. The highest BCUT2D eigenvalue weighted by Crippen LogP contribution is 2.39. The number of rotatable bonds is 9. The van der Waals surface area contributed by atoms with E-state index in [1.807, 2.05) is 55.1 Å². The molecule has 6 nitrogen and oxygen atoms in total. The minimum atomic E-state index is -4.56. The Kier molecular flexibility index (Phi) is 9.57. The molecule has 1 aromatic heterocycles. The molecule has 3 heterocycles. The van der Waals surface area contributed by atoms with Gasteiger partial charge in [-0.25, -0.2) is 4.98 Å². The largest absolute Gasteiger partial charge is 0.496 e. The van der Waals surface area contributed by atoms with Gasteiger partial charge in [0.05, 0.1) is 18.8 Å². The molecule has 260 valence electrons. The molecular weight excluding hydrogens is 639 g/mol. The molecule has 0 amide bonds. The zero-order valence-electron chi connectivity index (χ0n) is 28.7. The number of halogens is 3. The average Bonchev–Trinajstić information content (AvgIpc) is 3.86. The van der Waals surface area contributed by atoms with Crippen molar-refractivity contribution in [2.24, 2.45) is 0 Å². The number of aromatic nitrogens is 1. The number of hydrogen-bond donors (Lipinski definition) is 1. The number of oxazole rings is 1. The number of aliphatic hydroxyl groups excluding tert-OH is 1. The number of aliphatic hydroxyl groups is 1. The van der Waals surface area contributed by atoms with Gasteiger partial charge in [0.2, 0.25) is 5.89 Å². The molecule has 1 N–H and O–H groups in total. The molecule has 0 saturated carbocycles. The van der Waals surface area contributed by atoms with Crippen molar-refractivity contribution in [2.75, 3.05) is 33.3 Å². The van der Waals surface area contributed by atoms with Crippen LogP contribution in [0.2, 0.25) is 0 Å². The van der Waals surface area contributed by atoms with Crippen LogP contribution >= 0.6 is 0 Å². The number of alkyl halides is 3. The molecule has 0 unspecified atom stereocenters. The number of hydrogen-bond acceptors (Lipinski definition) is 6. The van der Waals surface area contributed by atoms with Gasteiger partial charge < -0.3 is 14.3 Å². The molecule has 2 aliphatic heterocycles. The second kappa shape index (κ2) is 14.1. The van der Waals surface area contributed by atoms with Gasteiger partial charge in [0.15, 0.2) is 5.58 Å². The fourth-order valence-electron chi connectivity index (χ4n) is 7.38. The lowest BCUT2D eigenvalue weighted by Gasteiger charge is -2.20. The van der Waals surface area contributed by atoms with Crippen molar-refractivity contribution in [2.45, 2.75) is 58.5 Å². The first-order valence-electron chi connectivity index (χ1n) is 17.3. The third kappa shape index (κ3) is 7.08. The van der Waals surface area contributed by atoms with Crippen LogP contribution in [0.5, 0.6) is 5.75 Å². The fourth-order valence-corrected chi connectivity index (χ4v) is 7.38. The molecule has 0 radical (unpaired) electrons. The van der Waals surface area contributed by atoms with Gasteiger partial charge in [-0.05, 0) is 115 Å². The van der Waals surface area contributed by atoms with Crippen LogP contribution in [-0.4, -0.2) is 59.3 Å². The van der Waals surface area contributed by atoms with Crippen LogP contribution in [-0.2, 0) is 19.3 Å². The summed E-state index contributed by atoms with van der Waals surface area (Å²) in [6, 6.07) is 20.8. The maximum Gasteiger partial charge on any atom is 0.417 e. The highest BCUT2D eigenvalue weighted by atomic mass is 19.4. The van der Waals surface area contributed by atoms with Gasteiger partial charge in [0.25, 0.3) is 0 Å². The zero-order valence-corrected chi connectivity index (χ0v) is 28.7. The Morgan fingerprint density at radius 2 is 1.58 bits per heavy atom. The topological polar surface area (TPSA) is 62.0 Å². The molecule has 4 aromatic carbocycles. The molecule has 2 fully saturated rings. The maximum absolute atomic E-state index is 14.4. The van der Waals surface area contributed by atoms with E-state index in [4.69, 9.17) is 14.1 Å². The van der Waals surface area contributed by atoms with Crippen LogP contribution < -0.4 is 4.74 Å². The summed E-state index contributed by atoms with van der Waals surface area (Å²) >= 11 is 0. The van der Waals surface area contributed by atoms with Gasteiger partial charge in [0.1, 0.15) is 11.3 Å². The molecule has 1 atom stereocenters. The van der Waals surface area contributed by atoms with Crippen LogP contribution in [0.1, 0.15) is 58.2 Å². The van der Waals surface area contributed by atoms with E-state index in [2.05, 4.69) is 23.1 Å². The molecule has 0 bridgehead atoms. The van der Waals surface area contributed by atoms with E-state index in [1.54, 1.807) is 6.08 Å². The van der Waals surface area contributed by atoms with E-state index in [0.29, 0.717) is 36.7 Å². The minimum Gasteiger partial charge on any atom is -0.496 e. The molecule has 0 aliphatic carbocycles. The first-order valence-corrected chi connectivity index (χ1v) is 17.3. The summed E-state index contributed by atoms with van der Waals surface area (Å²) in [5.41, 5.74) is 8.19. The minimum absolute atomic E-state index is 0.0297. The molecule has 2 saturated heterocycles. The first kappa shape index (κ1) is 34.0. The van der Waals surface area contributed by atoms with E-state index in [9.17, 15) is 18.3 Å². The second-order valence-corrected chi connectivity index (χ2v) is 13.6. The van der Waals surface area contributed by atoms with Crippen molar-refractivity contribution < 1.29 is 27.4 Å². The molecule has 50 heavy (non-hydrogen) atoms. The molecule has 7 rings (SSSR count). The van der Waals surface area contributed by atoms with E-state index in [1.165, 1.54) is 43.7 Å². The summed E-state index contributed by atoms with van der Waals surface area (Å²) in [6.45, 7) is 8.54. The number of methoxy groups -OCH3 is 1. The number of benzene rings is 4. The number of likely N-dealkylation sites (tertiary alicyclic amines) is 2. The molecule has 0 spiro atoms. The number of fused-ring (bicyclic) bond motifs is 1. The molecule has 2 aliphatic rings. The zero-order chi connectivity index (χ0) is 35.0. The van der Waals surface area contributed by atoms with Gasteiger partial charge in [0, 0.05) is 37.3 Å². The monoisotopic (exact) mass is 681 g/mol. The Hall–Kier alpha value is -4.44. The van der Waals surface area contributed by atoms with Crippen molar-refractivity contribution in [3.8, 4) is 28.3 Å². The molecule has 5 aromatic rings. The van der Waals surface area contributed by atoms with Gasteiger partial charge in [-0.15, -0.1) is 0 Å². The Labute approximate surface area is 290 Å². The van der Waals surface area contributed by atoms with Crippen molar-refractivity contribution in [1.82, 2.24) is 14.8 Å². The van der Waals surface area contributed by atoms with Crippen LogP contribution in [0, 0.1) is 13.8 Å². The summed E-state index contributed by atoms with van der Waals surface area (Å²) in [5.74, 6) is 0.948. The maximum atomic E-state index is 14.4. The number of ether oxygens (including phenoxy) is 1. The van der Waals surface area contributed by atoms with Crippen molar-refractivity contribution in [1.29, 1.82) is 0 Å². The Morgan fingerprint density at radius 3 is 2.30 bits per heavy atom. The van der Waals surface area contributed by atoms with E-state index >= 15 is 0 Å².